The van der Waals surface area contributed by atoms with Crippen LogP contribution >= 0.6 is 11.6 Å². The van der Waals surface area contributed by atoms with E-state index in [0.717, 1.165) is 0 Å². The van der Waals surface area contributed by atoms with Crippen LogP contribution in [0.5, 0.6) is 0 Å². The molecule has 0 saturated heterocycles. The van der Waals surface area contributed by atoms with E-state index in [1.165, 1.54) is 36.4 Å². The molecule has 4 nitrogen and oxygen atoms in total. The summed E-state index contributed by atoms with van der Waals surface area (Å²) in [6, 6.07) is 7.72. The first-order valence-corrected chi connectivity index (χ1v) is 5.31. The van der Waals surface area contributed by atoms with E-state index in [9.17, 15) is 14.4 Å². The SMILES string of the molecule is O=C(O)c1ccc(Cl)c(-c2ccc(F)cc2)[n+]1O. The van der Waals surface area contributed by atoms with Gasteiger partial charge < -0.3 is 5.11 Å². The van der Waals surface area contributed by atoms with Crippen molar-refractivity contribution in [3.05, 3.63) is 52.9 Å². The van der Waals surface area contributed by atoms with E-state index in [1.54, 1.807) is 0 Å². The Morgan fingerprint density at radius 1 is 1.17 bits per heavy atom. The summed E-state index contributed by atoms with van der Waals surface area (Å²) < 4.78 is 13.3. The first-order valence-electron chi connectivity index (χ1n) is 4.93. The zero-order valence-corrected chi connectivity index (χ0v) is 9.73. The Morgan fingerprint density at radius 2 is 1.78 bits per heavy atom. The molecule has 0 saturated carbocycles. The lowest BCUT2D eigenvalue weighted by molar-refractivity contribution is -0.897. The molecular weight excluding hydrogens is 261 g/mol. The van der Waals surface area contributed by atoms with E-state index in [2.05, 4.69) is 0 Å². The number of hydrogen-bond acceptors (Lipinski definition) is 2. The fraction of sp³-hybridized carbons (Fsp3) is 0. The van der Waals surface area contributed by atoms with Crippen LogP contribution in [0, 0.1) is 5.82 Å². The Morgan fingerprint density at radius 3 is 2.33 bits per heavy atom. The highest BCUT2D eigenvalue weighted by Gasteiger charge is 2.27. The second-order valence-electron chi connectivity index (χ2n) is 3.54. The summed E-state index contributed by atoms with van der Waals surface area (Å²) in [4.78, 5) is 10.9. The van der Waals surface area contributed by atoms with Gasteiger partial charge in [0.05, 0.1) is 5.56 Å². The van der Waals surface area contributed by atoms with Crippen LogP contribution in [-0.2, 0) is 0 Å². The third-order valence-electron chi connectivity index (χ3n) is 2.39. The lowest BCUT2D eigenvalue weighted by Crippen LogP contribution is -2.40. The molecule has 1 heterocycles. The maximum Gasteiger partial charge on any atom is 0.406 e. The minimum absolute atomic E-state index is 0.0940. The lowest BCUT2D eigenvalue weighted by atomic mass is 10.1. The van der Waals surface area contributed by atoms with Crippen molar-refractivity contribution in [2.75, 3.05) is 0 Å². The molecule has 2 N–H and O–H groups in total. The summed E-state index contributed by atoms with van der Waals surface area (Å²) in [5.41, 5.74) is 0.169. The first-order chi connectivity index (χ1) is 8.50. The zero-order chi connectivity index (χ0) is 13.3. The molecule has 6 heteroatoms. The second kappa shape index (κ2) is 4.62. The standard InChI is InChI=1S/C12H7ClFNO3/c13-9-5-6-10(12(16)17)15(18)11(9)7-1-3-8(14)4-2-7/h1-6H,(H-,16,17,18)/p+1. The van der Waals surface area contributed by atoms with Gasteiger partial charge in [-0.15, -0.1) is 0 Å². The molecule has 0 aliphatic carbocycles. The number of carboxylic acid groups (broad SMARTS) is 1. The smallest absolute Gasteiger partial charge is 0.406 e. The normalized spacial score (nSPS) is 10.3. The van der Waals surface area contributed by atoms with Crippen molar-refractivity contribution in [2.24, 2.45) is 0 Å². The van der Waals surface area contributed by atoms with Gasteiger partial charge in [0.2, 0.25) is 0 Å². The van der Waals surface area contributed by atoms with Crippen LogP contribution in [0.1, 0.15) is 10.5 Å². The van der Waals surface area contributed by atoms with Crippen molar-refractivity contribution in [1.82, 2.24) is 0 Å². The fourth-order valence-electron chi connectivity index (χ4n) is 1.55. The highest BCUT2D eigenvalue weighted by molar-refractivity contribution is 6.32. The molecule has 0 spiro atoms. The predicted molar refractivity (Wildman–Crippen MR) is 61.2 cm³/mol. The molecule has 0 radical (unpaired) electrons. The minimum atomic E-state index is -1.29. The second-order valence-corrected chi connectivity index (χ2v) is 3.95. The molecule has 1 aromatic heterocycles. The molecule has 0 aliphatic heterocycles. The molecule has 0 atom stereocenters. The molecule has 0 bridgehead atoms. The number of benzene rings is 1. The molecule has 0 amide bonds. The highest BCUT2D eigenvalue weighted by atomic mass is 35.5. The van der Waals surface area contributed by atoms with Crippen molar-refractivity contribution in [1.29, 1.82) is 0 Å². The van der Waals surface area contributed by atoms with Crippen molar-refractivity contribution < 1.29 is 24.2 Å². The van der Waals surface area contributed by atoms with Crippen molar-refractivity contribution in [3.8, 4) is 11.3 Å². The summed E-state index contributed by atoms with van der Waals surface area (Å²) in [6.07, 6.45) is 0. The van der Waals surface area contributed by atoms with E-state index in [-0.39, 0.29) is 16.4 Å². The molecule has 2 rings (SSSR count). The molecule has 18 heavy (non-hydrogen) atoms. The van der Waals surface area contributed by atoms with Crippen LogP contribution in [0.2, 0.25) is 5.02 Å². The van der Waals surface area contributed by atoms with Crippen LogP contribution in [-0.4, -0.2) is 16.3 Å². The highest BCUT2D eigenvalue weighted by Crippen LogP contribution is 2.24. The summed E-state index contributed by atoms with van der Waals surface area (Å²) in [5, 5.41) is 18.9. The molecule has 0 fully saturated rings. The van der Waals surface area contributed by atoms with E-state index >= 15 is 0 Å². The maximum atomic E-state index is 12.8. The summed E-state index contributed by atoms with van der Waals surface area (Å²) in [5.74, 6) is -1.73. The Hall–Kier alpha value is -2.14. The average molecular weight is 269 g/mol. The van der Waals surface area contributed by atoms with Gasteiger partial charge in [0.15, 0.2) is 0 Å². The zero-order valence-electron chi connectivity index (χ0n) is 8.97. The van der Waals surface area contributed by atoms with Crippen LogP contribution in [0.15, 0.2) is 36.4 Å². The number of pyridine rings is 1. The monoisotopic (exact) mass is 268 g/mol. The van der Waals surface area contributed by atoms with Gasteiger partial charge in [0, 0.05) is 10.8 Å². The number of hydrogen-bond donors (Lipinski definition) is 2. The van der Waals surface area contributed by atoms with E-state index in [4.69, 9.17) is 16.7 Å². The number of rotatable bonds is 2. The molecule has 0 aliphatic rings. The van der Waals surface area contributed by atoms with Crippen LogP contribution < -0.4 is 4.73 Å². The van der Waals surface area contributed by atoms with Gasteiger partial charge in [0.25, 0.3) is 5.69 Å². The van der Waals surface area contributed by atoms with E-state index in [1.807, 2.05) is 0 Å². The van der Waals surface area contributed by atoms with Crippen molar-refractivity contribution >= 4 is 17.6 Å². The molecule has 0 unspecified atom stereocenters. The number of carbonyl (C=O) groups is 1. The van der Waals surface area contributed by atoms with Gasteiger partial charge >= 0.3 is 11.7 Å². The van der Waals surface area contributed by atoms with Crippen molar-refractivity contribution in [2.45, 2.75) is 0 Å². The van der Waals surface area contributed by atoms with E-state index in [0.29, 0.717) is 10.3 Å². The summed E-state index contributed by atoms with van der Waals surface area (Å²) in [6.45, 7) is 0. The Bertz CT molecular complexity index is 613. The summed E-state index contributed by atoms with van der Waals surface area (Å²) >= 11 is 5.91. The predicted octanol–water partition coefficient (Wildman–Crippen LogP) is 2.37. The van der Waals surface area contributed by atoms with E-state index < -0.39 is 11.8 Å². The lowest BCUT2D eigenvalue weighted by Gasteiger charge is -2.01. The first kappa shape index (κ1) is 12.3. The van der Waals surface area contributed by atoms with Crippen molar-refractivity contribution in [3.63, 3.8) is 0 Å². The molecule has 2 aromatic rings. The Kier molecular flexibility index (Phi) is 3.16. The number of carboxylic acids is 1. The van der Waals surface area contributed by atoms with Gasteiger partial charge in [0.1, 0.15) is 10.8 Å². The topological polar surface area (TPSA) is 61.4 Å². The largest absolute Gasteiger partial charge is 0.473 e. The Balaban J connectivity index is 2.66. The summed E-state index contributed by atoms with van der Waals surface area (Å²) in [7, 11) is 0. The average Bonchev–Trinajstić information content (AvgIpc) is 2.31. The van der Waals surface area contributed by atoms with Gasteiger partial charge in [-0.3, -0.25) is 5.21 Å². The third-order valence-corrected chi connectivity index (χ3v) is 2.70. The quantitative estimate of drug-likeness (QED) is 0.649. The van der Waals surface area contributed by atoms with Gasteiger partial charge in [-0.1, -0.05) is 11.6 Å². The van der Waals surface area contributed by atoms with Gasteiger partial charge in [-0.05, 0) is 30.3 Å². The maximum absolute atomic E-state index is 12.8. The molecule has 1 aromatic carbocycles. The number of halogens is 2. The van der Waals surface area contributed by atoms with Gasteiger partial charge in [-0.25, -0.2) is 9.18 Å². The third kappa shape index (κ3) is 2.12. The minimum Gasteiger partial charge on any atom is -0.473 e. The van der Waals surface area contributed by atoms with Crippen LogP contribution in [0.25, 0.3) is 11.3 Å². The van der Waals surface area contributed by atoms with Crippen LogP contribution in [0.3, 0.4) is 0 Å². The molecule has 92 valence electrons. The fourth-order valence-corrected chi connectivity index (χ4v) is 1.81. The Labute approximate surface area is 106 Å². The number of nitrogens with zero attached hydrogens (tertiary/aromatic N) is 1. The molecular formula is C12H8ClFNO3+. The number of aromatic carboxylic acids is 1. The number of aromatic nitrogens is 1. The van der Waals surface area contributed by atoms with Crippen LogP contribution in [0.4, 0.5) is 4.39 Å². The van der Waals surface area contributed by atoms with Gasteiger partial charge in [-0.2, -0.15) is 0 Å².